The molecule has 1 nitrogen and oxygen atoms in total. The standard InChI is InChI=1S/C16H24BrN/c1-2-18-16(14-7-3-4-8-14)11-10-13-6-5-9-15(17)12-13/h5-6,9,12,14,16,18H,2-4,7-8,10-11H2,1H3. The van der Waals surface area contributed by atoms with Crippen molar-refractivity contribution >= 4 is 15.9 Å². The molecular weight excluding hydrogens is 286 g/mol. The Kier molecular flexibility index (Phi) is 5.71. The van der Waals surface area contributed by atoms with Gasteiger partial charge in [-0.2, -0.15) is 0 Å². The lowest BCUT2D eigenvalue weighted by Gasteiger charge is -2.24. The zero-order valence-corrected chi connectivity index (χ0v) is 12.9. The topological polar surface area (TPSA) is 12.0 Å². The van der Waals surface area contributed by atoms with E-state index in [0.717, 1.165) is 18.5 Å². The van der Waals surface area contributed by atoms with E-state index in [1.807, 2.05) is 0 Å². The van der Waals surface area contributed by atoms with Crippen molar-refractivity contribution in [1.29, 1.82) is 0 Å². The Balaban J connectivity index is 1.88. The van der Waals surface area contributed by atoms with E-state index >= 15 is 0 Å². The minimum Gasteiger partial charge on any atom is -0.314 e. The Hall–Kier alpha value is -0.340. The molecule has 1 saturated carbocycles. The molecule has 1 fully saturated rings. The fraction of sp³-hybridized carbons (Fsp3) is 0.625. The van der Waals surface area contributed by atoms with Crippen LogP contribution in [0.2, 0.25) is 0 Å². The summed E-state index contributed by atoms with van der Waals surface area (Å²) in [7, 11) is 0. The SMILES string of the molecule is CCNC(CCc1cccc(Br)c1)C1CCCC1. The van der Waals surface area contributed by atoms with Crippen molar-refractivity contribution in [2.24, 2.45) is 5.92 Å². The highest BCUT2D eigenvalue weighted by Crippen LogP contribution is 2.29. The Labute approximate surface area is 119 Å². The molecule has 0 heterocycles. The van der Waals surface area contributed by atoms with Crippen LogP contribution in [0, 0.1) is 5.92 Å². The highest BCUT2D eigenvalue weighted by Gasteiger charge is 2.23. The predicted octanol–water partition coefficient (Wildman–Crippen LogP) is 4.55. The third-order valence-corrected chi connectivity index (χ3v) is 4.56. The van der Waals surface area contributed by atoms with E-state index in [1.54, 1.807) is 0 Å². The second-order valence-corrected chi connectivity index (χ2v) is 6.29. The van der Waals surface area contributed by atoms with Crippen LogP contribution >= 0.6 is 15.9 Å². The molecule has 1 atom stereocenters. The van der Waals surface area contributed by atoms with Crippen LogP contribution in [0.25, 0.3) is 0 Å². The van der Waals surface area contributed by atoms with Gasteiger partial charge in [-0.3, -0.25) is 0 Å². The van der Waals surface area contributed by atoms with Crippen molar-refractivity contribution in [1.82, 2.24) is 5.32 Å². The number of hydrogen-bond donors (Lipinski definition) is 1. The van der Waals surface area contributed by atoms with Crippen molar-refractivity contribution in [3.05, 3.63) is 34.3 Å². The summed E-state index contributed by atoms with van der Waals surface area (Å²) < 4.78 is 1.20. The number of aryl methyl sites for hydroxylation is 1. The first-order valence-electron chi connectivity index (χ1n) is 7.27. The van der Waals surface area contributed by atoms with Crippen LogP contribution in [-0.4, -0.2) is 12.6 Å². The van der Waals surface area contributed by atoms with Gasteiger partial charge in [0.05, 0.1) is 0 Å². The van der Waals surface area contributed by atoms with Crippen molar-refractivity contribution < 1.29 is 0 Å². The average Bonchev–Trinajstić information content (AvgIpc) is 2.88. The molecule has 1 aliphatic carbocycles. The maximum absolute atomic E-state index is 3.70. The van der Waals surface area contributed by atoms with Crippen LogP contribution in [0.5, 0.6) is 0 Å². The van der Waals surface area contributed by atoms with Gasteiger partial charge in [-0.1, -0.05) is 47.8 Å². The Morgan fingerprint density at radius 2 is 2.11 bits per heavy atom. The third-order valence-electron chi connectivity index (χ3n) is 4.07. The molecule has 1 aromatic carbocycles. The lowest BCUT2D eigenvalue weighted by molar-refractivity contribution is 0.346. The summed E-state index contributed by atoms with van der Waals surface area (Å²) in [6.45, 7) is 3.32. The van der Waals surface area contributed by atoms with Crippen molar-refractivity contribution in [2.45, 2.75) is 51.5 Å². The Morgan fingerprint density at radius 1 is 1.33 bits per heavy atom. The summed E-state index contributed by atoms with van der Waals surface area (Å²) in [5.74, 6) is 0.914. The molecule has 1 N–H and O–H groups in total. The zero-order valence-electron chi connectivity index (χ0n) is 11.3. The smallest absolute Gasteiger partial charge is 0.0177 e. The minimum atomic E-state index is 0.719. The van der Waals surface area contributed by atoms with Crippen LogP contribution in [0.15, 0.2) is 28.7 Å². The number of benzene rings is 1. The molecule has 0 bridgehead atoms. The summed E-state index contributed by atoms with van der Waals surface area (Å²) >= 11 is 3.55. The maximum Gasteiger partial charge on any atom is 0.0177 e. The van der Waals surface area contributed by atoms with E-state index in [-0.39, 0.29) is 0 Å². The molecule has 0 radical (unpaired) electrons. The van der Waals surface area contributed by atoms with Crippen LogP contribution in [0.3, 0.4) is 0 Å². The van der Waals surface area contributed by atoms with E-state index in [9.17, 15) is 0 Å². The zero-order chi connectivity index (χ0) is 12.8. The van der Waals surface area contributed by atoms with E-state index in [1.165, 1.54) is 48.6 Å². The molecular formula is C16H24BrN. The van der Waals surface area contributed by atoms with E-state index in [2.05, 4.69) is 52.4 Å². The molecule has 2 rings (SSSR count). The minimum absolute atomic E-state index is 0.719. The molecule has 1 aliphatic rings. The molecule has 0 aliphatic heterocycles. The van der Waals surface area contributed by atoms with Crippen molar-refractivity contribution in [3.8, 4) is 0 Å². The molecule has 0 saturated heterocycles. The molecule has 0 amide bonds. The molecule has 2 heteroatoms. The van der Waals surface area contributed by atoms with Gasteiger partial charge >= 0.3 is 0 Å². The lowest BCUT2D eigenvalue weighted by Crippen LogP contribution is -2.35. The summed E-state index contributed by atoms with van der Waals surface area (Å²) in [5.41, 5.74) is 1.45. The summed E-state index contributed by atoms with van der Waals surface area (Å²) in [4.78, 5) is 0. The Bertz CT molecular complexity index is 358. The first kappa shape index (κ1) is 14.1. The number of nitrogens with one attached hydrogen (secondary N) is 1. The van der Waals surface area contributed by atoms with Gasteiger partial charge in [0, 0.05) is 10.5 Å². The fourth-order valence-corrected chi connectivity index (χ4v) is 3.59. The largest absolute Gasteiger partial charge is 0.314 e. The molecule has 1 aromatic rings. The van der Waals surface area contributed by atoms with E-state index in [4.69, 9.17) is 0 Å². The summed E-state index contributed by atoms with van der Waals surface area (Å²) in [6, 6.07) is 9.44. The predicted molar refractivity (Wildman–Crippen MR) is 81.9 cm³/mol. The van der Waals surface area contributed by atoms with Crippen LogP contribution in [-0.2, 0) is 6.42 Å². The van der Waals surface area contributed by atoms with Crippen LogP contribution in [0.1, 0.15) is 44.6 Å². The van der Waals surface area contributed by atoms with Crippen LogP contribution in [0.4, 0.5) is 0 Å². The first-order valence-corrected chi connectivity index (χ1v) is 8.06. The Morgan fingerprint density at radius 3 is 2.78 bits per heavy atom. The number of rotatable bonds is 6. The van der Waals surface area contributed by atoms with Crippen LogP contribution < -0.4 is 5.32 Å². The molecule has 100 valence electrons. The van der Waals surface area contributed by atoms with Gasteiger partial charge in [0.2, 0.25) is 0 Å². The van der Waals surface area contributed by atoms with Gasteiger partial charge in [0.1, 0.15) is 0 Å². The second kappa shape index (κ2) is 7.30. The van der Waals surface area contributed by atoms with Crippen molar-refractivity contribution in [3.63, 3.8) is 0 Å². The lowest BCUT2D eigenvalue weighted by atomic mass is 9.92. The van der Waals surface area contributed by atoms with Crippen molar-refractivity contribution in [2.75, 3.05) is 6.54 Å². The van der Waals surface area contributed by atoms with Gasteiger partial charge in [-0.25, -0.2) is 0 Å². The second-order valence-electron chi connectivity index (χ2n) is 5.38. The first-order chi connectivity index (χ1) is 8.79. The quantitative estimate of drug-likeness (QED) is 0.813. The normalized spacial score (nSPS) is 18.1. The number of halogens is 1. The highest BCUT2D eigenvalue weighted by molar-refractivity contribution is 9.10. The maximum atomic E-state index is 3.70. The summed E-state index contributed by atoms with van der Waals surface area (Å²) in [6.07, 6.45) is 8.18. The fourth-order valence-electron chi connectivity index (χ4n) is 3.14. The monoisotopic (exact) mass is 309 g/mol. The third kappa shape index (κ3) is 4.10. The number of hydrogen-bond acceptors (Lipinski definition) is 1. The average molecular weight is 310 g/mol. The molecule has 0 aromatic heterocycles. The molecule has 18 heavy (non-hydrogen) atoms. The van der Waals surface area contributed by atoms with Gasteiger partial charge in [-0.05, 0) is 55.8 Å². The summed E-state index contributed by atoms with van der Waals surface area (Å²) in [5, 5.41) is 3.70. The van der Waals surface area contributed by atoms with Gasteiger partial charge in [0.25, 0.3) is 0 Å². The van der Waals surface area contributed by atoms with E-state index in [0.29, 0.717) is 0 Å². The van der Waals surface area contributed by atoms with Gasteiger partial charge in [-0.15, -0.1) is 0 Å². The molecule has 0 spiro atoms. The molecule has 1 unspecified atom stereocenters. The van der Waals surface area contributed by atoms with E-state index < -0.39 is 0 Å². The van der Waals surface area contributed by atoms with Gasteiger partial charge in [0.15, 0.2) is 0 Å². The van der Waals surface area contributed by atoms with Gasteiger partial charge < -0.3 is 5.32 Å². The highest BCUT2D eigenvalue weighted by atomic mass is 79.9.